The molecule has 3 aromatic rings. The smallest absolute Gasteiger partial charge is 0.338 e. The number of esters is 1. The lowest BCUT2D eigenvalue weighted by Crippen LogP contribution is -2.22. The first-order valence-corrected chi connectivity index (χ1v) is 11.8. The fourth-order valence-electron chi connectivity index (χ4n) is 2.85. The molecule has 0 saturated carbocycles. The highest BCUT2D eigenvalue weighted by atomic mass is 32.2. The summed E-state index contributed by atoms with van der Waals surface area (Å²) in [5.41, 5.74) is 1.36. The minimum Gasteiger partial charge on any atom is -0.452 e. The lowest BCUT2D eigenvalue weighted by molar-refractivity contribution is -0.119. The molecule has 3 rings (SSSR count). The molecule has 8 nitrogen and oxygen atoms in total. The van der Waals surface area contributed by atoms with Gasteiger partial charge in [-0.2, -0.15) is 5.10 Å². The second-order valence-electron chi connectivity index (χ2n) is 8.34. The van der Waals surface area contributed by atoms with Crippen molar-refractivity contribution in [3.05, 3.63) is 71.9 Å². The molecule has 0 aliphatic carbocycles. The Balaban J connectivity index is 1.74. The topological polar surface area (TPSA) is 107 Å². The molecule has 168 valence electrons. The molecular weight excluding hydrogens is 430 g/mol. The summed E-state index contributed by atoms with van der Waals surface area (Å²) in [6.45, 7) is 5.51. The van der Waals surface area contributed by atoms with Gasteiger partial charge in [0.15, 0.2) is 16.4 Å². The molecule has 32 heavy (non-hydrogen) atoms. The zero-order valence-electron chi connectivity index (χ0n) is 18.3. The molecule has 0 aliphatic rings. The third-order valence-electron chi connectivity index (χ3n) is 4.58. The Morgan fingerprint density at radius 1 is 1.03 bits per heavy atom. The first-order valence-electron chi connectivity index (χ1n) is 9.88. The quantitative estimate of drug-likeness (QED) is 0.571. The van der Waals surface area contributed by atoms with Crippen molar-refractivity contribution in [3.8, 4) is 5.69 Å². The lowest BCUT2D eigenvalue weighted by Gasteiger charge is -2.14. The molecule has 1 heterocycles. The number of nitrogens with zero attached hydrogens (tertiary/aromatic N) is 2. The molecule has 0 unspecified atom stereocenters. The van der Waals surface area contributed by atoms with Crippen LogP contribution in [-0.2, 0) is 24.8 Å². The second kappa shape index (κ2) is 8.96. The number of ether oxygens (including phenoxy) is 1. The first-order chi connectivity index (χ1) is 14.9. The molecule has 0 fully saturated rings. The molecule has 9 heteroatoms. The maximum Gasteiger partial charge on any atom is 0.338 e. The summed E-state index contributed by atoms with van der Waals surface area (Å²) in [6.07, 6.45) is 1.05. The van der Waals surface area contributed by atoms with Crippen LogP contribution in [0.1, 0.15) is 36.8 Å². The number of carbonyl (C=O) groups excluding carboxylic acids is 2. The highest BCUT2D eigenvalue weighted by molar-refractivity contribution is 7.90. The normalized spacial score (nSPS) is 11.8. The van der Waals surface area contributed by atoms with Crippen LogP contribution >= 0.6 is 0 Å². The van der Waals surface area contributed by atoms with E-state index in [1.54, 1.807) is 10.7 Å². The van der Waals surface area contributed by atoms with Crippen LogP contribution in [-0.4, -0.2) is 42.9 Å². The van der Waals surface area contributed by atoms with E-state index in [-0.39, 0.29) is 15.9 Å². The number of para-hydroxylation sites is 1. The molecule has 0 bridgehead atoms. The number of hydrogen-bond donors (Lipinski definition) is 1. The summed E-state index contributed by atoms with van der Waals surface area (Å²) >= 11 is 0. The number of anilines is 1. The second-order valence-corrected chi connectivity index (χ2v) is 10.4. The Labute approximate surface area is 187 Å². The van der Waals surface area contributed by atoms with Crippen LogP contribution in [0.25, 0.3) is 5.69 Å². The van der Waals surface area contributed by atoms with E-state index in [1.165, 1.54) is 24.3 Å². The molecule has 0 atom stereocenters. The molecule has 0 aliphatic heterocycles. The third kappa shape index (κ3) is 5.61. The molecule has 0 saturated heterocycles. The van der Waals surface area contributed by atoms with Crippen molar-refractivity contribution in [3.63, 3.8) is 0 Å². The van der Waals surface area contributed by atoms with Crippen LogP contribution in [0.3, 0.4) is 0 Å². The number of benzene rings is 2. The van der Waals surface area contributed by atoms with Crippen molar-refractivity contribution >= 4 is 27.5 Å². The number of amides is 1. The van der Waals surface area contributed by atoms with Crippen LogP contribution in [0.4, 0.5) is 5.82 Å². The summed E-state index contributed by atoms with van der Waals surface area (Å²) in [7, 11) is -3.47. The molecule has 0 radical (unpaired) electrons. The minimum absolute atomic E-state index is 0.00197. The predicted molar refractivity (Wildman–Crippen MR) is 121 cm³/mol. The van der Waals surface area contributed by atoms with E-state index in [0.717, 1.165) is 17.6 Å². The summed E-state index contributed by atoms with van der Waals surface area (Å²) in [5.74, 6) is -0.894. The van der Waals surface area contributed by atoms with Gasteiger partial charge in [-0.05, 0) is 30.3 Å². The largest absolute Gasteiger partial charge is 0.452 e. The van der Waals surface area contributed by atoms with Gasteiger partial charge in [-0.15, -0.1) is 0 Å². The van der Waals surface area contributed by atoms with E-state index in [4.69, 9.17) is 4.74 Å². The van der Waals surface area contributed by atoms with Crippen molar-refractivity contribution in [2.45, 2.75) is 31.1 Å². The van der Waals surface area contributed by atoms with Crippen LogP contribution in [0.15, 0.2) is 65.6 Å². The molecular formula is C23H25N3O5S. The average Bonchev–Trinajstić information content (AvgIpc) is 3.16. The number of sulfone groups is 1. The third-order valence-corrected chi connectivity index (χ3v) is 5.69. The lowest BCUT2D eigenvalue weighted by atomic mass is 9.92. The van der Waals surface area contributed by atoms with Crippen LogP contribution in [0.5, 0.6) is 0 Å². The Kier molecular flexibility index (Phi) is 6.50. The monoisotopic (exact) mass is 455 g/mol. The fourth-order valence-corrected chi connectivity index (χ4v) is 3.52. The van der Waals surface area contributed by atoms with Gasteiger partial charge >= 0.3 is 5.97 Å². The van der Waals surface area contributed by atoms with Gasteiger partial charge in [0, 0.05) is 17.7 Å². The van der Waals surface area contributed by atoms with Gasteiger partial charge in [0.1, 0.15) is 5.82 Å². The van der Waals surface area contributed by atoms with Crippen LogP contribution < -0.4 is 5.32 Å². The fraction of sp³-hybridized carbons (Fsp3) is 0.261. The maximum absolute atomic E-state index is 12.5. The molecule has 0 spiro atoms. The SMILES string of the molecule is CC(C)(C)c1cc(NC(=O)COC(=O)c2cccc(S(C)(=O)=O)c2)n(-c2ccccc2)n1. The Morgan fingerprint density at radius 2 is 1.72 bits per heavy atom. The van der Waals surface area contributed by atoms with E-state index in [9.17, 15) is 18.0 Å². The zero-order valence-corrected chi connectivity index (χ0v) is 19.1. The number of hydrogen-bond acceptors (Lipinski definition) is 6. The summed E-state index contributed by atoms with van der Waals surface area (Å²) in [4.78, 5) is 24.8. The highest BCUT2D eigenvalue weighted by Gasteiger charge is 2.22. The molecule has 1 N–H and O–H groups in total. The van der Waals surface area contributed by atoms with E-state index in [2.05, 4.69) is 10.4 Å². The Morgan fingerprint density at radius 3 is 2.34 bits per heavy atom. The minimum atomic E-state index is -3.47. The van der Waals surface area contributed by atoms with E-state index in [0.29, 0.717) is 5.82 Å². The van der Waals surface area contributed by atoms with Gasteiger partial charge in [0.25, 0.3) is 5.91 Å². The van der Waals surface area contributed by atoms with Gasteiger partial charge in [-0.3, -0.25) is 4.79 Å². The van der Waals surface area contributed by atoms with Crippen molar-refractivity contribution < 1.29 is 22.7 Å². The average molecular weight is 456 g/mol. The number of nitrogens with one attached hydrogen (secondary N) is 1. The predicted octanol–water partition coefficient (Wildman–Crippen LogP) is 3.37. The Bertz CT molecular complexity index is 1240. The zero-order chi connectivity index (χ0) is 23.5. The highest BCUT2D eigenvalue weighted by Crippen LogP contribution is 2.26. The number of rotatable bonds is 6. The van der Waals surface area contributed by atoms with E-state index in [1.807, 2.05) is 51.1 Å². The van der Waals surface area contributed by atoms with Crippen molar-refractivity contribution in [1.29, 1.82) is 0 Å². The van der Waals surface area contributed by atoms with Gasteiger partial charge < -0.3 is 10.1 Å². The van der Waals surface area contributed by atoms with Gasteiger partial charge in [0.2, 0.25) is 0 Å². The number of aromatic nitrogens is 2. The van der Waals surface area contributed by atoms with Gasteiger partial charge in [0.05, 0.1) is 21.8 Å². The van der Waals surface area contributed by atoms with Crippen molar-refractivity contribution in [2.24, 2.45) is 0 Å². The number of carbonyl (C=O) groups is 2. The first kappa shape index (κ1) is 23.2. The molecule has 2 aromatic carbocycles. The van der Waals surface area contributed by atoms with Gasteiger partial charge in [-0.25, -0.2) is 17.9 Å². The van der Waals surface area contributed by atoms with E-state index >= 15 is 0 Å². The molecule has 1 aromatic heterocycles. The summed E-state index contributed by atoms with van der Waals surface area (Å²) < 4.78 is 30.0. The van der Waals surface area contributed by atoms with Crippen molar-refractivity contribution in [1.82, 2.24) is 9.78 Å². The summed E-state index contributed by atoms with van der Waals surface area (Å²) in [6, 6.07) is 16.6. The Hall–Kier alpha value is -3.46. The van der Waals surface area contributed by atoms with Crippen LogP contribution in [0, 0.1) is 0 Å². The molecule has 1 amide bonds. The standard InChI is InChI=1S/C23H25N3O5S/c1-23(2,3)19-14-20(26(25-19)17-10-6-5-7-11-17)24-21(27)15-31-22(28)16-9-8-12-18(13-16)32(4,29)30/h5-14H,15H2,1-4H3,(H,24,27). The summed E-state index contributed by atoms with van der Waals surface area (Å²) in [5, 5.41) is 7.35. The van der Waals surface area contributed by atoms with Crippen molar-refractivity contribution in [2.75, 3.05) is 18.2 Å². The van der Waals surface area contributed by atoms with Crippen LogP contribution in [0.2, 0.25) is 0 Å². The maximum atomic E-state index is 12.5. The van der Waals surface area contributed by atoms with Gasteiger partial charge in [-0.1, -0.05) is 45.0 Å². The van der Waals surface area contributed by atoms with E-state index < -0.39 is 28.3 Å².